The molecule has 1 amide bonds. The van der Waals surface area contributed by atoms with Gasteiger partial charge >= 0.3 is 0 Å². The van der Waals surface area contributed by atoms with Gasteiger partial charge in [0, 0.05) is 30.2 Å². The fourth-order valence-electron chi connectivity index (χ4n) is 3.78. The maximum Gasteiger partial charge on any atom is 0.256 e. The molecular weight excluding hydrogens is 357 g/mol. The number of aromatic nitrogens is 2. The number of carbonyl (C=O) groups excluding carboxylic acids is 1. The first-order chi connectivity index (χ1) is 13.7. The van der Waals surface area contributed by atoms with Gasteiger partial charge in [0.2, 0.25) is 0 Å². The zero-order valence-electron chi connectivity index (χ0n) is 15.1. The van der Waals surface area contributed by atoms with Crippen molar-refractivity contribution in [2.24, 2.45) is 0 Å². The number of rotatable bonds is 2. The van der Waals surface area contributed by atoms with Crippen molar-refractivity contribution in [3.8, 4) is 11.4 Å². The molecule has 0 spiro atoms. The summed E-state index contributed by atoms with van der Waals surface area (Å²) in [6.45, 7) is 2.24. The van der Waals surface area contributed by atoms with E-state index in [0.717, 1.165) is 16.3 Å². The minimum Gasteiger partial charge on any atom is -0.378 e. The molecule has 1 fully saturated rings. The Morgan fingerprint density at radius 1 is 1.04 bits per heavy atom. The lowest BCUT2D eigenvalue weighted by Gasteiger charge is -2.27. The van der Waals surface area contributed by atoms with E-state index in [-0.39, 0.29) is 11.7 Å². The van der Waals surface area contributed by atoms with Gasteiger partial charge in [-0.25, -0.2) is 9.37 Å². The van der Waals surface area contributed by atoms with Gasteiger partial charge in [-0.1, -0.05) is 36.4 Å². The van der Waals surface area contributed by atoms with Crippen LogP contribution in [0.2, 0.25) is 0 Å². The number of morpholine rings is 1. The van der Waals surface area contributed by atoms with Crippen LogP contribution in [0.4, 0.5) is 4.39 Å². The second-order valence-electron chi connectivity index (χ2n) is 6.84. The van der Waals surface area contributed by atoms with Crippen LogP contribution in [-0.4, -0.2) is 46.5 Å². The zero-order valence-corrected chi connectivity index (χ0v) is 15.1. The van der Waals surface area contributed by atoms with Crippen LogP contribution in [0.1, 0.15) is 10.4 Å². The predicted molar refractivity (Wildman–Crippen MR) is 105 cm³/mol. The Kier molecular flexibility index (Phi) is 4.06. The summed E-state index contributed by atoms with van der Waals surface area (Å²) in [4.78, 5) is 19.6. The van der Waals surface area contributed by atoms with Gasteiger partial charge in [0.1, 0.15) is 11.6 Å². The van der Waals surface area contributed by atoms with Crippen LogP contribution in [0, 0.1) is 5.82 Å². The molecule has 1 saturated heterocycles. The van der Waals surface area contributed by atoms with E-state index >= 15 is 0 Å². The van der Waals surface area contributed by atoms with Gasteiger partial charge in [-0.15, -0.1) is 0 Å². The van der Waals surface area contributed by atoms with E-state index < -0.39 is 0 Å². The predicted octanol–water partition coefficient (Wildman–Crippen LogP) is 3.77. The molecule has 0 atom stereocenters. The summed E-state index contributed by atoms with van der Waals surface area (Å²) in [6.07, 6.45) is 3.59. The fourth-order valence-corrected chi connectivity index (χ4v) is 3.78. The number of pyridine rings is 1. The van der Waals surface area contributed by atoms with E-state index in [2.05, 4.69) is 4.98 Å². The third kappa shape index (κ3) is 2.73. The number of ether oxygens (including phenoxy) is 1. The molecule has 0 radical (unpaired) electrons. The summed E-state index contributed by atoms with van der Waals surface area (Å²) in [7, 11) is 0. The van der Waals surface area contributed by atoms with E-state index in [1.165, 1.54) is 12.1 Å². The Labute approximate surface area is 161 Å². The van der Waals surface area contributed by atoms with Crippen LogP contribution in [0.25, 0.3) is 27.7 Å². The van der Waals surface area contributed by atoms with Crippen LogP contribution in [0.15, 0.2) is 60.9 Å². The summed E-state index contributed by atoms with van der Waals surface area (Å²) in [5.41, 5.74) is 2.16. The van der Waals surface area contributed by atoms with Crippen molar-refractivity contribution in [1.29, 1.82) is 0 Å². The first-order valence-corrected chi connectivity index (χ1v) is 9.24. The van der Waals surface area contributed by atoms with E-state index in [1.807, 2.05) is 45.8 Å². The number of halogens is 1. The Morgan fingerprint density at radius 2 is 1.82 bits per heavy atom. The molecule has 4 aromatic rings. The Bertz CT molecular complexity index is 1200. The smallest absolute Gasteiger partial charge is 0.256 e. The molecule has 2 aromatic carbocycles. The van der Waals surface area contributed by atoms with Gasteiger partial charge in [0.25, 0.3) is 5.91 Å². The standard InChI is InChI=1S/C22H18FN3O2/c23-16-5-3-4-15(12-16)21-24-13-20-18-7-2-1-6-17(18)19(14-26(20)21)22(27)25-8-10-28-11-9-25/h1-7,12-14H,8-11H2. The number of imidazole rings is 1. The zero-order chi connectivity index (χ0) is 19.1. The molecule has 0 N–H and O–H groups in total. The highest BCUT2D eigenvalue weighted by molar-refractivity contribution is 6.11. The van der Waals surface area contributed by atoms with Crippen molar-refractivity contribution in [3.05, 3.63) is 72.3 Å². The average molecular weight is 375 g/mol. The molecule has 0 aliphatic carbocycles. The molecule has 0 saturated carbocycles. The van der Waals surface area contributed by atoms with Crippen LogP contribution >= 0.6 is 0 Å². The van der Waals surface area contributed by atoms with E-state index in [4.69, 9.17) is 4.74 Å². The highest BCUT2D eigenvalue weighted by Gasteiger charge is 2.22. The lowest BCUT2D eigenvalue weighted by molar-refractivity contribution is 0.0304. The molecule has 2 aromatic heterocycles. The molecule has 3 heterocycles. The summed E-state index contributed by atoms with van der Waals surface area (Å²) in [6, 6.07) is 14.1. The largest absolute Gasteiger partial charge is 0.378 e. The van der Waals surface area contributed by atoms with Gasteiger partial charge in [-0.3, -0.25) is 9.20 Å². The third-order valence-electron chi connectivity index (χ3n) is 5.16. The molecular formula is C22H18FN3O2. The second kappa shape index (κ2) is 6.73. The Morgan fingerprint density at radius 3 is 2.61 bits per heavy atom. The van der Waals surface area contributed by atoms with E-state index in [1.54, 1.807) is 12.3 Å². The minimum absolute atomic E-state index is 0.0275. The first kappa shape index (κ1) is 16.9. The minimum atomic E-state index is -0.320. The quantitative estimate of drug-likeness (QED) is 0.536. The molecule has 0 unspecified atom stereocenters. The highest BCUT2D eigenvalue weighted by atomic mass is 19.1. The molecule has 140 valence electrons. The highest BCUT2D eigenvalue weighted by Crippen LogP contribution is 2.29. The van der Waals surface area contributed by atoms with Crippen LogP contribution in [0.5, 0.6) is 0 Å². The van der Waals surface area contributed by atoms with Gasteiger partial charge < -0.3 is 9.64 Å². The number of nitrogens with zero attached hydrogens (tertiary/aromatic N) is 3. The van der Waals surface area contributed by atoms with Crippen LogP contribution in [-0.2, 0) is 4.74 Å². The Hall–Kier alpha value is -3.25. The van der Waals surface area contributed by atoms with Gasteiger partial charge in [-0.2, -0.15) is 0 Å². The van der Waals surface area contributed by atoms with Crippen molar-refractivity contribution in [2.45, 2.75) is 0 Å². The molecule has 1 aliphatic rings. The summed E-state index contributed by atoms with van der Waals surface area (Å²) >= 11 is 0. The van der Waals surface area contributed by atoms with Crippen LogP contribution in [0.3, 0.4) is 0 Å². The monoisotopic (exact) mass is 375 g/mol. The molecule has 5 rings (SSSR count). The number of fused-ring (bicyclic) bond motifs is 3. The van der Waals surface area contributed by atoms with E-state index in [9.17, 15) is 9.18 Å². The maximum absolute atomic E-state index is 13.8. The second-order valence-corrected chi connectivity index (χ2v) is 6.84. The van der Waals surface area contributed by atoms with Crippen molar-refractivity contribution in [2.75, 3.05) is 26.3 Å². The lowest BCUT2D eigenvalue weighted by Crippen LogP contribution is -2.40. The number of hydrogen-bond donors (Lipinski definition) is 0. The molecule has 5 nitrogen and oxygen atoms in total. The lowest BCUT2D eigenvalue weighted by atomic mass is 10.0. The van der Waals surface area contributed by atoms with Crippen molar-refractivity contribution >= 4 is 22.2 Å². The normalized spacial score (nSPS) is 14.7. The SMILES string of the molecule is O=C(c1cn2c(-c3cccc(F)c3)ncc2c2ccccc12)N1CCOCC1. The van der Waals surface area contributed by atoms with Crippen molar-refractivity contribution in [3.63, 3.8) is 0 Å². The van der Waals surface area contributed by atoms with Crippen molar-refractivity contribution < 1.29 is 13.9 Å². The van der Waals surface area contributed by atoms with Crippen molar-refractivity contribution in [1.82, 2.24) is 14.3 Å². The molecule has 28 heavy (non-hydrogen) atoms. The topological polar surface area (TPSA) is 46.8 Å². The third-order valence-corrected chi connectivity index (χ3v) is 5.16. The summed E-state index contributed by atoms with van der Waals surface area (Å²) in [5.74, 6) is 0.260. The van der Waals surface area contributed by atoms with Gasteiger partial charge in [-0.05, 0) is 17.5 Å². The number of carbonyl (C=O) groups is 1. The number of amides is 1. The number of benzene rings is 2. The van der Waals surface area contributed by atoms with Gasteiger partial charge in [0.15, 0.2) is 0 Å². The fraction of sp³-hybridized carbons (Fsp3) is 0.182. The first-order valence-electron chi connectivity index (χ1n) is 9.24. The molecule has 1 aliphatic heterocycles. The average Bonchev–Trinajstić information content (AvgIpc) is 3.17. The molecule has 0 bridgehead atoms. The number of hydrogen-bond acceptors (Lipinski definition) is 3. The Balaban J connectivity index is 1.74. The maximum atomic E-state index is 13.8. The molecule has 6 heteroatoms. The van der Waals surface area contributed by atoms with Gasteiger partial charge in [0.05, 0.1) is 30.5 Å². The van der Waals surface area contributed by atoms with E-state index in [0.29, 0.717) is 43.3 Å². The van der Waals surface area contributed by atoms with Crippen LogP contribution < -0.4 is 0 Å². The summed E-state index contributed by atoms with van der Waals surface area (Å²) < 4.78 is 21.0. The summed E-state index contributed by atoms with van der Waals surface area (Å²) in [5, 5.41) is 1.83.